The highest BCUT2D eigenvalue weighted by atomic mass is 127. The van der Waals surface area contributed by atoms with Crippen LogP contribution in [0.2, 0.25) is 0 Å². The predicted octanol–water partition coefficient (Wildman–Crippen LogP) is 2.67. The van der Waals surface area contributed by atoms with Crippen LogP contribution in [0.3, 0.4) is 0 Å². The van der Waals surface area contributed by atoms with Crippen LogP contribution in [0.15, 0.2) is 24.4 Å². The van der Waals surface area contributed by atoms with Gasteiger partial charge in [0, 0.05) is 27.2 Å². The highest BCUT2D eigenvalue weighted by Gasteiger charge is 2.31. The van der Waals surface area contributed by atoms with Crippen molar-refractivity contribution in [2.45, 2.75) is 18.4 Å². The fraction of sp³-hybridized carbons (Fsp3) is 0.412. The Labute approximate surface area is 174 Å². The van der Waals surface area contributed by atoms with E-state index in [1.54, 1.807) is 6.20 Å². The van der Waals surface area contributed by atoms with Crippen molar-refractivity contribution in [2.24, 2.45) is 0 Å². The van der Waals surface area contributed by atoms with Crippen molar-refractivity contribution in [1.82, 2.24) is 20.9 Å². The van der Waals surface area contributed by atoms with Gasteiger partial charge in [0.1, 0.15) is 0 Å². The molecular weight excluding hydrogens is 544 g/mol. The number of piperidine rings is 1. The van der Waals surface area contributed by atoms with Gasteiger partial charge in [0.15, 0.2) is 0 Å². The van der Waals surface area contributed by atoms with E-state index in [-0.39, 0.29) is 11.4 Å². The molecule has 0 saturated carbocycles. The summed E-state index contributed by atoms with van der Waals surface area (Å²) in [5, 5.41) is 10.9. The maximum atomic E-state index is 12.9. The predicted molar refractivity (Wildman–Crippen MR) is 118 cm³/mol. The van der Waals surface area contributed by atoms with Crippen molar-refractivity contribution in [3.63, 3.8) is 0 Å². The summed E-state index contributed by atoms with van der Waals surface area (Å²) in [6, 6.07) is 5.79. The third kappa shape index (κ3) is 4.01. The highest BCUT2D eigenvalue weighted by molar-refractivity contribution is 14.1. The van der Waals surface area contributed by atoms with Gasteiger partial charge in [0.05, 0.1) is 39.6 Å². The number of aromatic nitrogens is 1. The molecule has 6 nitrogen and oxygen atoms in total. The van der Waals surface area contributed by atoms with Crippen LogP contribution in [0, 0.1) is 3.57 Å². The van der Waals surface area contributed by atoms with E-state index in [2.05, 4.69) is 69.9 Å². The Morgan fingerprint density at radius 1 is 1.40 bits per heavy atom. The van der Waals surface area contributed by atoms with E-state index >= 15 is 0 Å². The van der Waals surface area contributed by atoms with Gasteiger partial charge in [0.25, 0.3) is 5.91 Å². The van der Waals surface area contributed by atoms with E-state index in [1.165, 1.54) is 0 Å². The second kappa shape index (κ2) is 8.31. The number of carbonyl (C=O) groups excluding carboxylic acids is 1. The van der Waals surface area contributed by atoms with E-state index in [1.807, 2.05) is 25.2 Å². The lowest BCUT2D eigenvalue weighted by molar-refractivity contribution is 0.0934. The summed E-state index contributed by atoms with van der Waals surface area (Å²) >= 11 is 4.36. The summed E-state index contributed by atoms with van der Waals surface area (Å²) in [7, 11) is 1.97. The third-order valence-corrected chi connectivity index (χ3v) is 6.25. The molecule has 134 valence electrons. The van der Waals surface area contributed by atoms with E-state index in [4.69, 9.17) is 0 Å². The first-order chi connectivity index (χ1) is 12.1. The average molecular weight is 565 g/mol. The molecule has 1 aromatic heterocycles. The minimum Gasteiger partial charge on any atom is -0.350 e. The molecule has 1 aliphatic heterocycles. The molecule has 0 spiro atoms. The minimum absolute atomic E-state index is 0.0407. The molecule has 0 aliphatic carbocycles. The molecule has 8 heteroatoms. The number of hydrogen-bond acceptors (Lipinski definition) is 5. The topological polar surface area (TPSA) is 78.1 Å². The van der Waals surface area contributed by atoms with Crippen molar-refractivity contribution in [2.75, 3.05) is 30.2 Å². The Morgan fingerprint density at radius 2 is 2.16 bits per heavy atom. The Morgan fingerprint density at radius 3 is 2.84 bits per heavy atom. The zero-order valence-electron chi connectivity index (χ0n) is 14.0. The number of fused-ring (bicyclic) bond motifs is 1. The van der Waals surface area contributed by atoms with Crippen molar-refractivity contribution in [1.29, 1.82) is 0 Å². The number of likely N-dealkylation sites (N-methyl/N-ethyl adjacent to an activating group) is 1. The molecule has 1 aliphatic rings. The molecule has 25 heavy (non-hydrogen) atoms. The van der Waals surface area contributed by atoms with E-state index in [0.717, 1.165) is 46.1 Å². The monoisotopic (exact) mass is 565 g/mol. The summed E-state index contributed by atoms with van der Waals surface area (Å²) in [6.45, 7) is 2.55. The Hall–Kier alpha value is -0.720. The molecule has 0 unspecified atom stereocenters. The second-order valence-corrected chi connectivity index (χ2v) is 7.94. The van der Waals surface area contributed by atoms with Crippen LogP contribution in [-0.2, 0) is 0 Å². The standard InChI is InChI=1S/C17H21I2N5O/c1-20-17(4-7-21-8-5-17)10-23-16(25)12-9-13(18)15(24-19)11-3-2-6-22-14(11)12/h2-3,6,9,20-21,24H,4-5,7-8,10H2,1H3,(H,23,25). The fourth-order valence-electron chi connectivity index (χ4n) is 3.25. The normalized spacial score (nSPS) is 16.6. The summed E-state index contributed by atoms with van der Waals surface area (Å²) < 4.78 is 4.18. The number of carbonyl (C=O) groups is 1. The smallest absolute Gasteiger partial charge is 0.253 e. The van der Waals surface area contributed by atoms with Gasteiger partial charge in [-0.05, 0) is 73.8 Å². The van der Waals surface area contributed by atoms with Crippen LogP contribution in [0.25, 0.3) is 10.9 Å². The fourth-order valence-corrected chi connectivity index (χ4v) is 5.09. The molecule has 1 aromatic carbocycles. The molecule has 3 rings (SSSR count). The van der Waals surface area contributed by atoms with Crippen molar-refractivity contribution in [3.8, 4) is 0 Å². The number of hydrogen-bond donors (Lipinski definition) is 4. The summed E-state index contributed by atoms with van der Waals surface area (Å²) in [5.74, 6) is -0.0743. The van der Waals surface area contributed by atoms with Gasteiger partial charge < -0.3 is 19.5 Å². The van der Waals surface area contributed by atoms with Crippen LogP contribution in [0.5, 0.6) is 0 Å². The maximum absolute atomic E-state index is 12.9. The molecule has 4 N–H and O–H groups in total. The Balaban J connectivity index is 1.87. The number of amides is 1. The molecule has 1 fully saturated rings. The number of halogens is 2. The van der Waals surface area contributed by atoms with Crippen molar-refractivity contribution >= 4 is 68.0 Å². The van der Waals surface area contributed by atoms with Gasteiger partial charge in [-0.15, -0.1) is 0 Å². The lowest BCUT2D eigenvalue weighted by Crippen LogP contribution is -2.57. The van der Waals surface area contributed by atoms with Crippen molar-refractivity contribution in [3.05, 3.63) is 33.5 Å². The maximum Gasteiger partial charge on any atom is 0.253 e. The summed E-state index contributed by atoms with van der Waals surface area (Å²) in [4.78, 5) is 17.3. The van der Waals surface area contributed by atoms with Crippen LogP contribution in [-0.4, -0.2) is 43.1 Å². The number of anilines is 1. The van der Waals surface area contributed by atoms with E-state index < -0.39 is 0 Å². The van der Waals surface area contributed by atoms with Gasteiger partial charge in [-0.3, -0.25) is 9.78 Å². The quantitative estimate of drug-likeness (QED) is 0.332. The number of nitrogens with one attached hydrogen (secondary N) is 4. The van der Waals surface area contributed by atoms with Crippen LogP contribution in [0.4, 0.5) is 5.69 Å². The first-order valence-electron chi connectivity index (χ1n) is 8.22. The molecule has 0 bridgehead atoms. The third-order valence-electron chi connectivity index (χ3n) is 4.86. The van der Waals surface area contributed by atoms with Gasteiger partial charge in [0.2, 0.25) is 0 Å². The number of nitrogens with zero attached hydrogens (tertiary/aromatic N) is 1. The SMILES string of the molecule is CNC1(CNC(=O)c2cc(I)c(NI)c3cccnc23)CCNCC1. The van der Waals surface area contributed by atoms with Crippen molar-refractivity contribution < 1.29 is 4.79 Å². The molecule has 1 saturated heterocycles. The molecule has 0 atom stereocenters. The molecule has 2 heterocycles. The highest BCUT2D eigenvalue weighted by Crippen LogP contribution is 2.31. The zero-order valence-corrected chi connectivity index (χ0v) is 18.3. The minimum atomic E-state index is -0.0743. The van der Waals surface area contributed by atoms with Gasteiger partial charge in [-0.25, -0.2) is 0 Å². The number of pyridine rings is 1. The van der Waals surface area contributed by atoms with Gasteiger partial charge in [-0.2, -0.15) is 0 Å². The van der Waals surface area contributed by atoms with E-state index in [9.17, 15) is 4.79 Å². The lowest BCUT2D eigenvalue weighted by Gasteiger charge is -2.37. The summed E-state index contributed by atoms with van der Waals surface area (Å²) in [6.07, 6.45) is 3.72. The lowest BCUT2D eigenvalue weighted by atomic mass is 9.88. The zero-order chi connectivity index (χ0) is 17.9. The Kier molecular flexibility index (Phi) is 6.34. The molecule has 0 radical (unpaired) electrons. The first-order valence-corrected chi connectivity index (χ1v) is 10.4. The number of benzene rings is 1. The summed E-state index contributed by atoms with van der Waals surface area (Å²) in [5.41, 5.74) is 2.30. The van der Waals surface area contributed by atoms with Crippen LogP contribution < -0.4 is 19.5 Å². The van der Waals surface area contributed by atoms with Crippen LogP contribution in [0.1, 0.15) is 23.2 Å². The number of rotatable bonds is 5. The second-order valence-electron chi connectivity index (χ2n) is 6.24. The van der Waals surface area contributed by atoms with Gasteiger partial charge in [-0.1, -0.05) is 0 Å². The largest absolute Gasteiger partial charge is 0.350 e. The first kappa shape index (κ1) is 19.1. The van der Waals surface area contributed by atoms with E-state index in [0.29, 0.717) is 12.1 Å². The molecular formula is C17H21I2N5O. The van der Waals surface area contributed by atoms with Crippen LogP contribution >= 0.6 is 45.5 Å². The average Bonchev–Trinajstić information content (AvgIpc) is 2.66. The van der Waals surface area contributed by atoms with Gasteiger partial charge >= 0.3 is 0 Å². The molecule has 1 amide bonds. The molecule has 2 aromatic rings. The Bertz CT molecular complexity index is 777.